The third-order valence-electron chi connectivity index (χ3n) is 4.44. The summed E-state index contributed by atoms with van der Waals surface area (Å²) in [6, 6.07) is 12.6. The molecule has 1 aliphatic heterocycles. The molecule has 1 aromatic carbocycles. The van der Waals surface area contributed by atoms with E-state index >= 15 is 0 Å². The second-order valence-electron chi connectivity index (χ2n) is 6.28. The standard InChI is InChI=1S/C19H24N2OS2/c1-23-17-7-2-5-15(11-17)13-21-9-3-6-16(14-21)12-20-19(22)18-8-4-10-24-18/h2,4-5,7-8,10-11,16H,3,6,9,12-14H2,1H3,(H,20,22)/t16-/m1/s1. The predicted octanol–water partition coefficient (Wildman–Crippen LogP) is 4.11. The van der Waals surface area contributed by atoms with E-state index in [2.05, 4.69) is 40.7 Å². The minimum atomic E-state index is 0.0646. The molecule has 1 aliphatic rings. The summed E-state index contributed by atoms with van der Waals surface area (Å²) in [7, 11) is 0. The summed E-state index contributed by atoms with van der Waals surface area (Å²) < 4.78 is 0. The number of nitrogens with one attached hydrogen (secondary N) is 1. The molecule has 0 saturated carbocycles. The maximum Gasteiger partial charge on any atom is 0.261 e. The molecule has 2 aromatic rings. The minimum Gasteiger partial charge on any atom is -0.351 e. The molecule has 1 saturated heterocycles. The van der Waals surface area contributed by atoms with Crippen LogP contribution in [0.2, 0.25) is 0 Å². The van der Waals surface area contributed by atoms with E-state index in [1.807, 2.05) is 17.5 Å². The van der Waals surface area contributed by atoms with Gasteiger partial charge in [0.05, 0.1) is 4.88 Å². The largest absolute Gasteiger partial charge is 0.351 e. The Labute approximate surface area is 152 Å². The van der Waals surface area contributed by atoms with Gasteiger partial charge in [-0.3, -0.25) is 9.69 Å². The van der Waals surface area contributed by atoms with Gasteiger partial charge in [-0.1, -0.05) is 18.2 Å². The second kappa shape index (κ2) is 8.70. The molecule has 128 valence electrons. The average Bonchev–Trinajstić information content (AvgIpc) is 3.15. The van der Waals surface area contributed by atoms with Crippen molar-refractivity contribution in [1.29, 1.82) is 0 Å². The van der Waals surface area contributed by atoms with E-state index in [0.29, 0.717) is 5.92 Å². The number of hydrogen-bond acceptors (Lipinski definition) is 4. The molecule has 2 heterocycles. The first-order chi connectivity index (χ1) is 11.7. The van der Waals surface area contributed by atoms with Gasteiger partial charge in [0.25, 0.3) is 5.91 Å². The lowest BCUT2D eigenvalue weighted by atomic mass is 9.97. The van der Waals surface area contributed by atoms with Crippen LogP contribution in [0.3, 0.4) is 0 Å². The lowest BCUT2D eigenvalue weighted by Gasteiger charge is -2.32. The van der Waals surface area contributed by atoms with Crippen LogP contribution in [0.1, 0.15) is 28.1 Å². The van der Waals surface area contributed by atoms with Crippen LogP contribution in [-0.4, -0.2) is 36.7 Å². The zero-order chi connectivity index (χ0) is 16.8. The van der Waals surface area contributed by atoms with Crippen LogP contribution in [0.25, 0.3) is 0 Å². The number of hydrogen-bond donors (Lipinski definition) is 1. The van der Waals surface area contributed by atoms with Crippen molar-refractivity contribution in [3.05, 3.63) is 52.2 Å². The van der Waals surface area contributed by atoms with Crippen molar-refractivity contribution < 1.29 is 4.79 Å². The third kappa shape index (κ3) is 4.85. The number of carbonyl (C=O) groups is 1. The van der Waals surface area contributed by atoms with E-state index in [9.17, 15) is 4.79 Å². The van der Waals surface area contributed by atoms with E-state index in [-0.39, 0.29) is 5.91 Å². The van der Waals surface area contributed by atoms with Crippen molar-refractivity contribution in [1.82, 2.24) is 10.2 Å². The number of rotatable bonds is 6. The van der Waals surface area contributed by atoms with Crippen LogP contribution in [0.4, 0.5) is 0 Å². The topological polar surface area (TPSA) is 32.3 Å². The van der Waals surface area contributed by atoms with Crippen molar-refractivity contribution in [2.45, 2.75) is 24.3 Å². The summed E-state index contributed by atoms with van der Waals surface area (Å²) in [6.45, 7) is 3.99. The van der Waals surface area contributed by atoms with Crippen LogP contribution in [0.15, 0.2) is 46.7 Å². The molecule has 3 nitrogen and oxygen atoms in total. The molecule has 1 fully saturated rings. The van der Waals surface area contributed by atoms with E-state index in [4.69, 9.17) is 0 Å². The molecule has 3 rings (SSSR count). The fraction of sp³-hybridized carbons (Fsp3) is 0.421. The van der Waals surface area contributed by atoms with Gasteiger partial charge in [-0.25, -0.2) is 0 Å². The van der Waals surface area contributed by atoms with Crippen molar-refractivity contribution in [2.75, 3.05) is 25.9 Å². The summed E-state index contributed by atoms with van der Waals surface area (Å²) in [6.07, 6.45) is 4.53. The summed E-state index contributed by atoms with van der Waals surface area (Å²) in [5.74, 6) is 0.612. The van der Waals surface area contributed by atoms with Crippen molar-refractivity contribution >= 4 is 29.0 Å². The highest BCUT2D eigenvalue weighted by atomic mass is 32.2. The fourth-order valence-corrected chi connectivity index (χ4v) is 4.35. The highest BCUT2D eigenvalue weighted by Gasteiger charge is 2.21. The zero-order valence-electron chi connectivity index (χ0n) is 14.0. The lowest BCUT2D eigenvalue weighted by Crippen LogP contribution is -2.40. The molecule has 1 aromatic heterocycles. The molecule has 5 heteroatoms. The molecule has 0 spiro atoms. The molecular formula is C19H24N2OS2. The highest BCUT2D eigenvalue weighted by Crippen LogP contribution is 2.21. The smallest absolute Gasteiger partial charge is 0.261 e. The Kier molecular flexibility index (Phi) is 6.35. The van der Waals surface area contributed by atoms with E-state index in [0.717, 1.165) is 31.1 Å². The van der Waals surface area contributed by atoms with Gasteiger partial charge in [0.1, 0.15) is 0 Å². The van der Waals surface area contributed by atoms with Crippen LogP contribution in [0.5, 0.6) is 0 Å². The Morgan fingerprint density at radius 2 is 2.29 bits per heavy atom. The van der Waals surface area contributed by atoms with Crippen LogP contribution in [-0.2, 0) is 6.54 Å². The molecule has 24 heavy (non-hydrogen) atoms. The lowest BCUT2D eigenvalue weighted by molar-refractivity contribution is 0.0934. The first kappa shape index (κ1) is 17.5. The molecule has 1 N–H and O–H groups in total. The number of thiophene rings is 1. The molecule has 0 aliphatic carbocycles. The van der Waals surface area contributed by atoms with Crippen molar-refractivity contribution in [2.24, 2.45) is 5.92 Å². The quantitative estimate of drug-likeness (QED) is 0.787. The van der Waals surface area contributed by atoms with E-state index in [1.54, 1.807) is 11.8 Å². The average molecular weight is 361 g/mol. The summed E-state index contributed by atoms with van der Waals surface area (Å²) in [4.78, 5) is 16.7. The van der Waals surface area contributed by atoms with Gasteiger partial charge in [-0.05, 0) is 60.7 Å². The SMILES string of the molecule is CSc1cccc(CN2CCC[C@H](CNC(=O)c3cccs3)C2)c1. The molecule has 1 atom stereocenters. The number of carbonyl (C=O) groups excluding carboxylic acids is 1. The van der Waals surface area contributed by atoms with Gasteiger partial charge in [0, 0.05) is 24.5 Å². The van der Waals surface area contributed by atoms with Crippen molar-refractivity contribution in [3.8, 4) is 0 Å². The van der Waals surface area contributed by atoms with Crippen molar-refractivity contribution in [3.63, 3.8) is 0 Å². The van der Waals surface area contributed by atoms with Gasteiger partial charge in [0.15, 0.2) is 0 Å². The van der Waals surface area contributed by atoms with Gasteiger partial charge in [0.2, 0.25) is 0 Å². The first-order valence-electron chi connectivity index (χ1n) is 8.41. The zero-order valence-corrected chi connectivity index (χ0v) is 15.7. The number of amides is 1. The Hall–Kier alpha value is -1.30. The Morgan fingerprint density at radius 3 is 3.08 bits per heavy atom. The minimum absolute atomic E-state index is 0.0646. The van der Waals surface area contributed by atoms with Gasteiger partial charge in [-0.15, -0.1) is 23.1 Å². The van der Waals surface area contributed by atoms with Crippen LogP contribution >= 0.6 is 23.1 Å². The highest BCUT2D eigenvalue weighted by molar-refractivity contribution is 7.98. The molecule has 0 radical (unpaired) electrons. The fourth-order valence-electron chi connectivity index (χ4n) is 3.22. The number of nitrogens with zero attached hydrogens (tertiary/aromatic N) is 1. The van der Waals surface area contributed by atoms with E-state index < -0.39 is 0 Å². The predicted molar refractivity (Wildman–Crippen MR) is 103 cm³/mol. The normalized spacial score (nSPS) is 18.5. The van der Waals surface area contributed by atoms with Crippen LogP contribution < -0.4 is 5.32 Å². The molecule has 0 unspecified atom stereocenters. The summed E-state index contributed by atoms with van der Waals surface area (Å²) >= 11 is 3.29. The maximum atomic E-state index is 12.1. The Morgan fingerprint density at radius 1 is 1.38 bits per heavy atom. The Bertz CT molecular complexity index is 657. The number of likely N-dealkylation sites (tertiary alicyclic amines) is 1. The molecular weight excluding hydrogens is 336 g/mol. The molecule has 0 bridgehead atoms. The first-order valence-corrected chi connectivity index (χ1v) is 10.5. The summed E-state index contributed by atoms with van der Waals surface area (Å²) in [5, 5.41) is 5.04. The number of benzene rings is 1. The van der Waals surface area contributed by atoms with Gasteiger partial charge < -0.3 is 5.32 Å². The number of piperidine rings is 1. The third-order valence-corrected chi connectivity index (χ3v) is 6.03. The number of thioether (sulfide) groups is 1. The van der Waals surface area contributed by atoms with E-state index in [1.165, 1.54) is 34.6 Å². The maximum absolute atomic E-state index is 12.1. The Balaban J connectivity index is 1.49. The van der Waals surface area contributed by atoms with Gasteiger partial charge >= 0.3 is 0 Å². The van der Waals surface area contributed by atoms with Crippen LogP contribution in [0, 0.1) is 5.92 Å². The second-order valence-corrected chi connectivity index (χ2v) is 8.11. The summed E-state index contributed by atoms with van der Waals surface area (Å²) in [5.41, 5.74) is 1.38. The van der Waals surface area contributed by atoms with Gasteiger partial charge in [-0.2, -0.15) is 0 Å². The molecule has 1 amide bonds. The monoisotopic (exact) mass is 360 g/mol.